The van der Waals surface area contributed by atoms with E-state index in [1.807, 2.05) is 24.3 Å². The monoisotopic (exact) mass is 339 g/mol. The topological polar surface area (TPSA) is 65.8 Å². The Morgan fingerprint density at radius 3 is 2.80 bits per heavy atom. The second-order valence-corrected chi connectivity index (χ2v) is 7.27. The van der Waals surface area contributed by atoms with Crippen LogP contribution in [0.1, 0.15) is 24.2 Å². The lowest BCUT2D eigenvalue weighted by Gasteiger charge is -2.46. The highest BCUT2D eigenvalue weighted by Crippen LogP contribution is 2.31. The summed E-state index contributed by atoms with van der Waals surface area (Å²) in [6, 6.07) is 8.39. The summed E-state index contributed by atoms with van der Waals surface area (Å²) in [5.41, 5.74) is 1.90. The van der Waals surface area contributed by atoms with Gasteiger partial charge < -0.3 is 19.5 Å². The van der Waals surface area contributed by atoms with Crippen molar-refractivity contribution in [1.82, 2.24) is 15.1 Å². The van der Waals surface area contributed by atoms with Crippen LogP contribution in [0.4, 0.5) is 0 Å². The maximum Gasteiger partial charge on any atom is 0.312 e. The summed E-state index contributed by atoms with van der Waals surface area (Å²) in [5.74, 6) is 0.231. The van der Waals surface area contributed by atoms with Crippen LogP contribution in [-0.4, -0.2) is 53.3 Å². The SMILES string of the molecule is O=C(C(=O)N1CC2CCC1CN2)N1CCc2oc3ccccc3c2C1. The summed E-state index contributed by atoms with van der Waals surface area (Å²) >= 11 is 0. The van der Waals surface area contributed by atoms with E-state index in [4.69, 9.17) is 4.42 Å². The lowest BCUT2D eigenvalue weighted by Crippen LogP contribution is -2.64. The Kier molecular flexibility index (Phi) is 3.35. The Hall–Kier alpha value is -2.34. The molecule has 3 fully saturated rings. The Labute approximate surface area is 145 Å². The average molecular weight is 339 g/mol. The van der Waals surface area contributed by atoms with Crippen molar-refractivity contribution in [2.24, 2.45) is 0 Å². The summed E-state index contributed by atoms with van der Waals surface area (Å²) in [6.45, 7) is 2.46. The van der Waals surface area contributed by atoms with Gasteiger partial charge in [-0.15, -0.1) is 0 Å². The van der Waals surface area contributed by atoms with Gasteiger partial charge in [-0.05, 0) is 18.9 Å². The molecule has 0 radical (unpaired) electrons. The molecule has 4 aliphatic heterocycles. The van der Waals surface area contributed by atoms with Crippen LogP contribution < -0.4 is 5.32 Å². The zero-order chi connectivity index (χ0) is 17.0. The quantitative estimate of drug-likeness (QED) is 0.735. The first kappa shape index (κ1) is 15.0. The number of fused-ring (bicyclic) bond motifs is 6. The molecule has 2 aromatic rings. The van der Waals surface area contributed by atoms with Crippen LogP contribution >= 0.6 is 0 Å². The number of piperazine rings is 1. The zero-order valence-electron chi connectivity index (χ0n) is 14.0. The third-order valence-electron chi connectivity index (χ3n) is 5.82. The smallest absolute Gasteiger partial charge is 0.312 e. The second-order valence-electron chi connectivity index (χ2n) is 7.27. The highest BCUT2D eigenvalue weighted by Gasteiger charge is 2.40. The molecule has 0 aliphatic carbocycles. The summed E-state index contributed by atoms with van der Waals surface area (Å²) < 4.78 is 5.89. The Morgan fingerprint density at radius 1 is 1.16 bits per heavy atom. The minimum atomic E-state index is -0.372. The Morgan fingerprint density at radius 2 is 2.04 bits per heavy atom. The molecule has 1 aromatic heterocycles. The zero-order valence-corrected chi connectivity index (χ0v) is 14.0. The van der Waals surface area contributed by atoms with Crippen molar-refractivity contribution in [2.75, 3.05) is 19.6 Å². The van der Waals surface area contributed by atoms with Crippen molar-refractivity contribution in [1.29, 1.82) is 0 Å². The van der Waals surface area contributed by atoms with Crippen molar-refractivity contribution >= 4 is 22.8 Å². The molecule has 4 aliphatic rings. The first-order valence-corrected chi connectivity index (χ1v) is 9.03. The number of benzene rings is 1. The lowest BCUT2D eigenvalue weighted by atomic mass is 9.93. The van der Waals surface area contributed by atoms with Crippen LogP contribution in [0.25, 0.3) is 11.0 Å². The molecule has 6 nitrogen and oxygen atoms in total. The molecule has 0 saturated carbocycles. The van der Waals surface area contributed by atoms with Crippen LogP contribution in [0.5, 0.6) is 0 Å². The Bertz CT molecular complexity index is 851. The maximum atomic E-state index is 12.8. The van der Waals surface area contributed by atoms with Crippen molar-refractivity contribution in [3.05, 3.63) is 35.6 Å². The molecule has 6 rings (SSSR count). The molecule has 2 amide bonds. The molecular weight excluding hydrogens is 318 g/mol. The molecule has 25 heavy (non-hydrogen) atoms. The first-order valence-electron chi connectivity index (χ1n) is 9.03. The van der Waals surface area contributed by atoms with Gasteiger partial charge in [0.15, 0.2) is 0 Å². The van der Waals surface area contributed by atoms with Gasteiger partial charge in [0, 0.05) is 49.1 Å². The van der Waals surface area contributed by atoms with Crippen molar-refractivity contribution < 1.29 is 14.0 Å². The van der Waals surface area contributed by atoms with E-state index in [2.05, 4.69) is 5.32 Å². The molecule has 1 N–H and O–H groups in total. The van der Waals surface area contributed by atoms with E-state index in [1.54, 1.807) is 9.80 Å². The van der Waals surface area contributed by atoms with Gasteiger partial charge >= 0.3 is 11.8 Å². The molecule has 2 unspecified atom stereocenters. The highest BCUT2D eigenvalue weighted by atomic mass is 16.3. The lowest BCUT2D eigenvalue weighted by molar-refractivity contribution is -0.156. The number of amides is 2. The van der Waals surface area contributed by atoms with E-state index < -0.39 is 0 Å². The van der Waals surface area contributed by atoms with Crippen molar-refractivity contribution in [3.63, 3.8) is 0 Å². The van der Waals surface area contributed by atoms with E-state index in [0.717, 1.165) is 41.7 Å². The van der Waals surface area contributed by atoms with Gasteiger partial charge in [-0.1, -0.05) is 18.2 Å². The van der Waals surface area contributed by atoms with E-state index in [-0.39, 0.29) is 17.9 Å². The number of hydrogen-bond acceptors (Lipinski definition) is 4. The fraction of sp³-hybridized carbons (Fsp3) is 0.474. The first-order chi connectivity index (χ1) is 12.2. The van der Waals surface area contributed by atoms with Crippen LogP contribution in [0.15, 0.2) is 28.7 Å². The van der Waals surface area contributed by atoms with Crippen LogP contribution in [0.3, 0.4) is 0 Å². The van der Waals surface area contributed by atoms with Gasteiger partial charge in [-0.25, -0.2) is 0 Å². The summed E-state index contributed by atoms with van der Waals surface area (Å²) in [5, 5.41) is 4.47. The van der Waals surface area contributed by atoms with Crippen LogP contribution in [0, 0.1) is 0 Å². The molecule has 1 aromatic carbocycles. The number of carbonyl (C=O) groups is 2. The standard InChI is InChI=1S/C19H21N3O3/c23-18(19(24)22-10-12-5-6-13(22)9-20-12)21-8-7-17-15(11-21)14-3-1-2-4-16(14)25-17/h1-4,12-13,20H,5-11H2. The van der Waals surface area contributed by atoms with Crippen molar-refractivity contribution in [2.45, 2.75) is 37.9 Å². The maximum absolute atomic E-state index is 12.8. The van der Waals surface area contributed by atoms with E-state index in [9.17, 15) is 9.59 Å². The summed E-state index contributed by atoms with van der Waals surface area (Å²) in [7, 11) is 0. The van der Waals surface area contributed by atoms with Crippen LogP contribution in [-0.2, 0) is 22.6 Å². The fourth-order valence-electron chi connectivity index (χ4n) is 4.42. The molecule has 6 heteroatoms. The van der Waals surface area contributed by atoms with Gasteiger partial charge in [0.2, 0.25) is 0 Å². The summed E-state index contributed by atoms with van der Waals surface area (Å²) in [4.78, 5) is 29.1. The minimum absolute atomic E-state index is 0.163. The number of para-hydroxylation sites is 1. The molecule has 0 spiro atoms. The third kappa shape index (κ3) is 2.35. The van der Waals surface area contributed by atoms with Gasteiger partial charge in [0.1, 0.15) is 11.3 Å². The number of hydrogen-bond donors (Lipinski definition) is 1. The Balaban J connectivity index is 1.37. The number of rotatable bonds is 0. The highest BCUT2D eigenvalue weighted by molar-refractivity contribution is 6.35. The van der Waals surface area contributed by atoms with Crippen molar-refractivity contribution in [3.8, 4) is 0 Å². The molecule has 3 saturated heterocycles. The van der Waals surface area contributed by atoms with Gasteiger partial charge in [-0.2, -0.15) is 0 Å². The molecule has 2 bridgehead atoms. The predicted molar refractivity (Wildman–Crippen MR) is 91.9 cm³/mol. The van der Waals surface area contributed by atoms with Crippen LogP contribution in [0.2, 0.25) is 0 Å². The molecule has 2 atom stereocenters. The average Bonchev–Trinajstić information content (AvgIpc) is 3.05. The fourth-order valence-corrected chi connectivity index (χ4v) is 4.42. The molecule has 5 heterocycles. The third-order valence-corrected chi connectivity index (χ3v) is 5.82. The normalized spacial score (nSPS) is 25.3. The number of nitrogens with zero attached hydrogens (tertiary/aromatic N) is 2. The largest absolute Gasteiger partial charge is 0.461 e. The predicted octanol–water partition coefficient (Wildman–Crippen LogP) is 1.28. The number of carbonyl (C=O) groups excluding carboxylic acids is 2. The van der Waals surface area contributed by atoms with E-state index in [0.29, 0.717) is 32.1 Å². The van der Waals surface area contributed by atoms with Gasteiger partial charge in [0.05, 0.1) is 6.54 Å². The van der Waals surface area contributed by atoms with E-state index in [1.165, 1.54) is 0 Å². The minimum Gasteiger partial charge on any atom is -0.461 e. The van der Waals surface area contributed by atoms with Gasteiger partial charge in [-0.3, -0.25) is 9.59 Å². The second kappa shape index (κ2) is 5.59. The summed E-state index contributed by atoms with van der Waals surface area (Å²) in [6.07, 6.45) is 2.75. The number of furan rings is 1. The molecule has 130 valence electrons. The number of nitrogens with one attached hydrogen (secondary N) is 1. The molecular formula is C19H21N3O3. The number of piperidine rings is 2. The van der Waals surface area contributed by atoms with Gasteiger partial charge in [0.25, 0.3) is 0 Å². The van der Waals surface area contributed by atoms with E-state index >= 15 is 0 Å².